The minimum Gasteiger partial charge on any atom is -0.461 e. The number of hydrogen-bond acceptors (Lipinski definition) is 3. The van der Waals surface area contributed by atoms with Crippen LogP contribution in [-0.4, -0.2) is 23.8 Å². The maximum atomic E-state index is 11.3. The summed E-state index contributed by atoms with van der Waals surface area (Å²) in [4.78, 5) is 11.3. The van der Waals surface area contributed by atoms with Gasteiger partial charge in [-0.05, 0) is 25.7 Å². The second-order valence-electron chi connectivity index (χ2n) is 4.65. The van der Waals surface area contributed by atoms with Crippen LogP contribution in [0.4, 0.5) is 0 Å². The van der Waals surface area contributed by atoms with E-state index in [1.54, 1.807) is 0 Å². The first-order valence-corrected chi connectivity index (χ1v) is 6.61. The largest absolute Gasteiger partial charge is 0.461 e. The molecule has 1 fully saturated rings. The van der Waals surface area contributed by atoms with Crippen LogP contribution in [0.25, 0.3) is 0 Å². The molecule has 1 saturated heterocycles. The molecule has 2 atom stereocenters. The smallest absolute Gasteiger partial charge is 0.313 e. The van der Waals surface area contributed by atoms with E-state index in [1.807, 2.05) is 0 Å². The number of cyclic esters (lactones) is 1. The zero-order valence-electron chi connectivity index (χ0n) is 10.3. The van der Waals surface area contributed by atoms with Crippen molar-refractivity contribution in [1.29, 1.82) is 0 Å². The lowest BCUT2D eigenvalue weighted by atomic mass is 9.88. The molecule has 94 valence electrons. The van der Waals surface area contributed by atoms with Crippen LogP contribution in [0.2, 0.25) is 0 Å². The van der Waals surface area contributed by atoms with E-state index in [9.17, 15) is 4.79 Å². The van der Waals surface area contributed by atoms with Crippen molar-refractivity contribution < 1.29 is 14.6 Å². The van der Waals surface area contributed by atoms with Crippen molar-refractivity contribution in [1.82, 2.24) is 0 Å². The normalized spacial score (nSPS) is 24.0. The van der Waals surface area contributed by atoms with E-state index in [2.05, 4.69) is 6.92 Å². The lowest BCUT2D eigenvalue weighted by Gasteiger charge is -2.35. The summed E-state index contributed by atoms with van der Waals surface area (Å²) in [5.74, 6) is 0.140. The van der Waals surface area contributed by atoms with E-state index in [4.69, 9.17) is 9.84 Å². The van der Waals surface area contributed by atoms with E-state index in [-0.39, 0.29) is 24.6 Å². The number of aliphatic hydroxyl groups is 1. The van der Waals surface area contributed by atoms with Crippen LogP contribution in [0.5, 0.6) is 0 Å². The molecule has 1 rings (SSSR count). The van der Waals surface area contributed by atoms with E-state index in [1.165, 1.54) is 19.3 Å². The van der Waals surface area contributed by atoms with Crippen LogP contribution >= 0.6 is 0 Å². The molecular weight excluding hydrogens is 204 g/mol. The van der Waals surface area contributed by atoms with Gasteiger partial charge in [0.15, 0.2) is 0 Å². The van der Waals surface area contributed by atoms with Crippen molar-refractivity contribution in [3.05, 3.63) is 0 Å². The van der Waals surface area contributed by atoms with Crippen LogP contribution < -0.4 is 0 Å². The van der Waals surface area contributed by atoms with Crippen molar-refractivity contribution in [2.45, 2.75) is 64.4 Å². The maximum absolute atomic E-state index is 11.3. The van der Waals surface area contributed by atoms with Crippen LogP contribution in [0.3, 0.4) is 0 Å². The number of aliphatic hydroxyl groups excluding tert-OH is 1. The van der Waals surface area contributed by atoms with E-state index in [0.717, 1.165) is 32.1 Å². The molecule has 0 aliphatic carbocycles. The molecule has 0 aromatic carbocycles. The van der Waals surface area contributed by atoms with Gasteiger partial charge in [0.1, 0.15) is 6.10 Å². The average Bonchev–Trinajstić information content (AvgIpc) is 2.28. The summed E-state index contributed by atoms with van der Waals surface area (Å²) in [5, 5.41) is 8.68. The van der Waals surface area contributed by atoms with E-state index in [0.29, 0.717) is 0 Å². The molecule has 0 radical (unpaired) electrons. The minimum atomic E-state index is -0.00880. The summed E-state index contributed by atoms with van der Waals surface area (Å²) < 4.78 is 5.13. The molecule has 0 saturated carbocycles. The number of unbranched alkanes of at least 4 members (excludes halogenated alkanes) is 4. The van der Waals surface area contributed by atoms with Crippen LogP contribution in [0, 0.1) is 5.92 Å². The Bertz CT molecular complexity index is 203. The Morgan fingerprint density at radius 3 is 2.50 bits per heavy atom. The topological polar surface area (TPSA) is 46.5 Å². The second kappa shape index (κ2) is 7.66. The highest BCUT2D eigenvalue weighted by Gasteiger charge is 2.40. The Kier molecular flexibility index (Phi) is 6.46. The third-order valence-corrected chi connectivity index (χ3v) is 3.28. The Morgan fingerprint density at radius 2 is 1.88 bits per heavy atom. The number of rotatable bonds is 9. The van der Waals surface area contributed by atoms with Crippen molar-refractivity contribution in [3.63, 3.8) is 0 Å². The van der Waals surface area contributed by atoms with Crippen molar-refractivity contribution >= 4 is 5.97 Å². The average molecular weight is 228 g/mol. The zero-order chi connectivity index (χ0) is 11.8. The number of carbonyl (C=O) groups is 1. The highest BCUT2D eigenvalue weighted by molar-refractivity contribution is 5.78. The Labute approximate surface area is 98.2 Å². The molecule has 0 amide bonds. The van der Waals surface area contributed by atoms with Crippen molar-refractivity contribution in [2.24, 2.45) is 5.92 Å². The fourth-order valence-electron chi connectivity index (χ4n) is 2.21. The van der Waals surface area contributed by atoms with Gasteiger partial charge in [0.2, 0.25) is 0 Å². The van der Waals surface area contributed by atoms with Crippen molar-refractivity contribution in [2.75, 3.05) is 6.61 Å². The fourth-order valence-corrected chi connectivity index (χ4v) is 2.21. The number of ether oxygens (including phenoxy) is 1. The van der Waals surface area contributed by atoms with Crippen LogP contribution in [-0.2, 0) is 9.53 Å². The summed E-state index contributed by atoms with van der Waals surface area (Å²) in [6.45, 7) is 2.43. The van der Waals surface area contributed by atoms with Gasteiger partial charge in [-0.25, -0.2) is 0 Å². The lowest BCUT2D eigenvalue weighted by Crippen LogP contribution is -2.44. The number of carbonyl (C=O) groups excluding carboxylic acids is 1. The summed E-state index contributed by atoms with van der Waals surface area (Å²) in [7, 11) is 0. The van der Waals surface area contributed by atoms with Gasteiger partial charge in [-0.15, -0.1) is 0 Å². The summed E-state index contributed by atoms with van der Waals surface area (Å²) in [6, 6.07) is 0. The first-order valence-electron chi connectivity index (χ1n) is 6.61. The quantitative estimate of drug-likeness (QED) is 0.487. The minimum absolute atomic E-state index is 0.00880. The Morgan fingerprint density at radius 1 is 1.12 bits per heavy atom. The van der Waals surface area contributed by atoms with Gasteiger partial charge < -0.3 is 9.84 Å². The van der Waals surface area contributed by atoms with Crippen molar-refractivity contribution in [3.8, 4) is 0 Å². The van der Waals surface area contributed by atoms with E-state index < -0.39 is 0 Å². The molecule has 0 spiro atoms. The van der Waals surface area contributed by atoms with Gasteiger partial charge in [-0.3, -0.25) is 4.79 Å². The SMILES string of the molecule is CCCCCC[C@@H]1C(=O)OC1CCCCO. The molecule has 0 aromatic rings. The molecule has 0 aromatic heterocycles. The molecule has 1 N–H and O–H groups in total. The standard InChI is InChI=1S/C13H24O3/c1-2-3-4-5-8-11-12(16-13(11)15)9-6-7-10-14/h11-12,14H,2-10H2,1H3/t11-,12?/m0/s1. The van der Waals surface area contributed by atoms with Gasteiger partial charge in [-0.1, -0.05) is 32.6 Å². The molecular formula is C13H24O3. The highest BCUT2D eigenvalue weighted by atomic mass is 16.6. The molecule has 1 aliphatic rings. The van der Waals surface area contributed by atoms with Gasteiger partial charge in [0.05, 0.1) is 5.92 Å². The Hall–Kier alpha value is -0.570. The Balaban J connectivity index is 2.10. The number of hydrogen-bond donors (Lipinski definition) is 1. The highest BCUT2D eigenvalue weighted by Crippen LogP contribution is 2.31. The summed E-state index contributed by atoms with van der Waals surface area (Å²) >= 11 is 0. The molecule has 1 aliphatic heterocycles. The molecule has 16 heavy (non-hydrogen) atoms. The second-order valence-corrected chi connectivity index (χ2v) is 4.65. The fraction of sp³-hybridized carbons (Fsp3) is 0.923. The van der Waals surface area contributed by atoms with Gasteiger partial charge in [0, 0.05) is 6.61 Å². The predicted molar refractivity (Wildman–Crippen MR) is 63.1 cm³/mol. The first kappa shape index (κ1) is 13.5. The van der Waals surface area contributed by atoms with Gasteiger partial charge in [0.25, 0.3) is 0 Å². The summed E-state index contributed by atoms with van der Waals surface area (Å²) in [6.07, 6.45) is 8.68. The monoisotopic (exact) mass is 228 g/mol. The molecule has 3 heteroatoms. The third-order valence-electron chi connectivity index (χ3n) is 3.28. The summed E-state index contributed by atoms with van der Waals surface area (Å²) in [5.41, 5.74) is 0. The predicted octanol–water partition coefficient (Wildman–Crippen LogP) is 2.66. The van der Waals surface area contributed by atoms with Gasteiger partial charge in [-0.2, -0.15) is 0 Å². The van der Waals surface area contributed by atoms with Crippen LogP contribution in [0.15, 0.2) is 0 Å². The molecule has 1 heterocycles. The molecule has 1 unspecified atom stereocenters. The third kappa shape index (κ3) is 4.12. The van der Waals surface area contributed by atoms with E-state index >= 15 is 0 Å². The molecule has 0 bridgehead atoms. The van der Waals surface area contributed by atoms with Gasteiger partial charge >= 0.3 is 5.97 Å². The zero-order valence-corrected chi connectivity index (χ0v) is 10.3. The lowest BCUT2D eigenvalue weighted by molar-refractivity contribution is -0.186. The van der Waals surface area contributed by atoms with Crippen LogP contribution in [0.1, 0.15) is 58.3 Å². The number of esters is 1. The first-order chi connectivity index (χ1) is 7.79. The maximum Gasteiger partial charge on any atom is 0.313 e. The molecule has 3 nitrogen and oxygen atoms in total.